The fourth-order valence-corrected chi connectivity index (χ4v) is 6.83. The molecule has 2 aliphatic heterocycles. The number of hydrogen-bond acceptors (Lipinski definition) is 9. The zero-order valence-electron chi connectivity index (χ0n) is 23.9. The van der Waals surface area contributed by atoms with Gasteiger partial charge in [0.05, 0.1) is 16.8 Å². The summed E-state index contributed by atoms with van der Waals surface area (Å²) in [6.07, 6.45) is 0.0218. The number of carboxylic acids is 1. The third-order valence-corrected chi connectivity index (χ3v) is 9.66. The lowest BCUT2D eigenvalue weighted by atomic mass is 10.0. The molecule has 0 aromatic heterocycles. The highest BCUT2D eigenvalue weighted by molar-refractivity contribution is 8.76. The molecule has 0 saturated carbocycles. The van der Waals surface area contributed by atoms with Crippen molar-refractivity contribution in [3.05, 3.63) is 77.5 Å². The first-order valence-electron chi connectivity index (χ1n) is 13.8. The molecule has 3 N–H and O–H groups in total. The number of aliphatic carboxylic acids is 1. The summed E-state index contributed by atoms with van der Waals surface area (Å²) in [7, 11) is 2.81. The van der Waals surface area contributed by atoms with Gasteiger partial charge in [0.15, 0.2) is 0 Å². The molecule has 4 rings (SSSR count). The SMILES string of the molecule is C=C1CCC(N2C(=O)c3cccc(NC(=O)OC[C@H](C)SSCCC(=O)N(CC(=O)O)Cc4ccccc4)c3C2=O)C(=O)N1. The third kappa shape index (κ3) is 8.20. The molecule has 5 amide bonds. The Morgan fingerprint density at radius 1 is 1.14 bits per heavy atom. The maximum absolute atomic E-state index is 13.2. The second kappa shape index (κ2) is 14.9. The maximum Gasteiger partial charge on any atom is 0.411 e. The number of fused-ring (bicyclic) bond motifs is 1. The summed E-state index contributed by atoms with van der Waals surface area (Å²) in [4.78, 5) is 77.4. The standard InChI is InChI=1S/C30H32N4O8S2/c1-18-11-12-23(27(38)31-18)34-28(39)21-9-6-10-22(26(21)29(34)40)32-30(41)42-17-19(2)44-43-14-13-24(35)33(16-25(36)37)15-20-7-4-3-5-8-20/h3-10,19,23H,1,11-17H2,2H3,(H,31,38)(H,32,41)(H,36,37)/t19-,23?/m0/s1. The van der Waals surface area contributed by atoms with E-state index in [1.165, 1.54) is 44.7 Å². The first-order chi connectivity index (χ1) is 21.0. The average molecular weight is 641 g/mol. The fraction of sp³-hybridized carbons (Fsp3) is 0.333. The van der Waals surface area contributed by atoms with Gasteiger partial charge in [-0.3, -0.25) is 34.2 Å². The molecule has 2 heterocycles. The van der Waals surface area contributed by atoms with E-state index >= 15 is 0 Å². The summed E-state index contributed by atoms with van der Waals surface area (Å²) in [5.74, 6) is -2.69. The average Bonchev–Trinajstić information content (AvgIpc) is 3.24. The second-order valence-electron chi connectivity index (χ2n) is 10.2. The number of nitrogens with zero attached hydrogens (tertiary/aromatic N) is 2. The lowest BCUT2D eigenvalue weighted by Crippen LogP contribution is -2.51. The van der Waals surface area contributed by atoms with E-state index in [0.29, 0.717) is 17.9 Å². The van der Waals surface area contributed by atoms with E-state index in [1.54, 1.807) is 0 Å². The van der Waals surface area contributed by atoms with E-state index in [9.17, 15) is 33.9 Å². The number of carbonyl (C=O) groups is 6. The van der Waals surface area contributed by atoms with E-state index < -0.39 is 35.8 Å². The molecule has 1 fully saturated rings. The van der Waals surface area contributed by atoms with Crippen LogP contribution in [0.5, 0.6) is 0 Å². The normalized spacial score (nSPS) is 16.7. The lowest BCUT2D eigenvalue weighted by molar-refractivity contribution is -0.144. The van der Waals surface area contributed by atoms with Crippen LogP contribution in [-0.4, -0.2) is 80.8 Å². The van der Waals surface area contributed by atoms with Crippen LogP contribution in [0.2, 0.25) is 0 Å². The Bertz CT molecular complexity index is 1470. The van der Waals surface area contributed by atoms with E-state index in [1.807, 2.05) is 37.3 Å². The number of carboxylic acid groups (broad SMARTS) is 1. The molecule has 0 spiro atoms. The van der Waals surface area contributed by atoms with Gasteiger partial charge in [0.1, 0.15) is 19.2 Å². The molecule has 1 unspecified atom stereocenters. The smallest absolute Gasteiger partial charge is 0.411 e. The molecule has 0 aliphatic carbocycles. The van der Waals surface area contributed by atoms with Crippen LogP contribution < -0.4 is 10.6 Å². The van der Waals surface area contributed by atoms with Gasteiger partial charge >= 0.3 is 12.1 Å². The van der Waals surface area contributed by atoms with Crippen molar-refractivity contribution in [1.29, 1.82) is 0 Å². The number of ether oxygens (including phenoxy) is 1. The molecule has 14 heteroatoms. The number of anilines is 1. The minimum atomic E-state index is -1.09. The summed E-state index contributed by atoms with van der Waals surface area (Å²) >= 11 is 0. The molecule has 2 aromatic carbocycles. The number of imide groups is 1. The van der Waals surface area contributed by atoms with Crippen molar-refractivity contribution in [1.82, 2.24) is 15.1 Å². The molecule has 0 bridgehead atoms. The molecule has 232 valence electrons. The molecule has 2 aromatic rings. The molecular formula is C30H32N4O8S2. The van der Waals surface area contributed by atoms with Gasteiger partial charge in [-0.05, 0) is 37.5 Å². The highest BCUT2D eigenvalue weighted by Crippen LogP contribution is 2.33. The largest absolute Gasteiger partial charge is 0.480 e. The summed E-state index contributed by atoms with van der Waals surface area (Å²) < 4.78 is 5.32. The summed E-state index contributed by atoms with van der Waals surface area (Å²) in [6.45, 7) is 5.39. The van der Waals surface area contributed by atoms with E-state index in [2.05, 4.69) is 17.2 Å². The summed E-state index contributed by atoms with van der Waals surface area (Å²) in [5, 5.41) is 14.2. The number of allylic oxidation sites excluding steroid dienone is 1. The number of piperidine rings is 1. The summed E-state index contributed by atoms with van der Waals surface area (Å²) in [6, 6.07) is 12.7. The van der Waals surface area contributed by atoms with Crippen LogP contribution in [0.1, 0.15) is 52.5 Å². The van der Waals surface area contributed by atoms with Crippen LogP contribution >= 0.6 is 21.6 Å². The van der Waals surface area contributed by atoms with Crippen LogP contribution in [0.25, 0.3) is 0 Å². The van der Waals surface area contributed by atoms with Gasteiger partial charge in [-0.15, -0.1) is 0 Å². The summed E-state index contributed by atoms with van der Waals surface area (Å²) in [5.41, 5.74) is 1.55. The van der Waals surface area contributed by atoms with Crippen LogP contribution in [0.4, 0.5) is 10.5 Å². The molecule has 1 saturated heterocycles. The molecule has 0 radical (unpaired) electrons. The monoisotopic (exact) mass is 640 g/mol. The Morgan fingerprint density at radius 2 is 1.89 bits per heavy atom. The van der Waals surface area contributed by atoms with Gasteiger partial charge in [0.2, 0.25) is 11.8 Å². The Hall–Kier alpha value is -4.30. The zero-order valence-corrected chi connectivity index (χ0v) is 25.6. The van der Waals surface area contributed by atoms with Crippen LogP contribution in [-0.2, 0) is 25.7 Å². The van der Waals surface area contributed by atoms with Crippen LogP contribution in [0, 0.1) is 0 Å². The van der Waals surface area contributed by atoms with Crippen LogP contribution in [0.15, 0.2) is 60.8 Å². The van der Waals surface area contributed by atoms with Crippen molar-refractivity contribution in [2.24, 2.45) is 0 Å². The third-order valence-electron chi connectivity index (χ3n) is 6.79. The van der Waals surface area contributed by atoms with E-state index in [-0.39, 0.29) is 60.5 Å². The number of amides is 5. The van der Waals surface area contributed by atoms with Gasteiger partial charge in [-0.25, -0.2) is 4.79 Å². The fourth-order valence-electron chi connectivity index (χ4n) is 4.72. The first-order valence-corrected chi connectivity index (χ1v) is 16.2. The Morgan fingerprint density at radius 3 is 2.59 bits per heavy atom. The highest BCUT2D eigenvalue weighted by Gasteiger charge is 2.45. The van der Waals surface area contributed by atoms with Crippen molar-refractivity contribution in [3.8, 4) is 0 Å². The number of carbonyl (C=O) groups excluding carboxylic acids is 5. The van der Waals surface area contributed by atoms with E-state index in [0.717, 1.165) is 10.5 Å². The minimum Gasteiger partial charge on any atom is -0.480 e. The minimum absolute atomic E-state index is 0.00139. The number of benzene rings is 2. The predicted octanol–water partition coefficient (Wildman–Crippen LogP) is 3.90. The van der Waals surface area contributed by atoms with Crippen molar-refractivity contribution < 1.29 is 38.6 Å². The van der Waals surface area contributed by atoms with Crippen molar-refractivity contribution in [3.63, 3.8) is 0 Å². The molecule has 12 nitrogen and oxygen atoms in total. The molecule has 2 aliphatic rings. The van der Waals surface area contributed by atoms with Gasteiger partial charge in [0.25, 0.3) is 11.8 Å². The predicted molar refractivity (Wildman–Crippen MR) is 166 cm³/mol. The Balaban J connectivity index is 1.23. The Kier molecular flexibility index (Phi) is 11.1. The molecule has 44 heavy (non-hydrogen) atoms. The second-order valence-corrected chi connectivity index (χ2v) is 13.1. The van der Waals surface area contributed by atoms with Crippen molar-refractivity contribution >= 4 is 63.0 Å². The number of hydrogen-bond donors (Lipinski definition) is 3. The number of rotatable bonds is 13. The lowest BCUT2D eigenvalue weighted by Gasteiger charge is -2.29. The quantitative estimate of drug-likeness (QED) is 0.166. The maximum atomic E-state index is 13.2. The van der Waals surface area contributed by atoms with Crippen molar-refractivity contribution in [2.75, 3.05) is 24.2 Å². The van der Waals surface area contributed by atoms with Crippen molar-refractivity contribution in [2.45, 2.75) is 44.0 Å². The topological polar surface area (TPSA) is 162 Å². The van der Waals surface area contributed by atoms with Gasteiger partial charge in [-0.2, -0.15) is 0 Å². The van der Waals surface area contributed by atoms with Gasteiger partial charge in [-0.1, -0.05) is 64.6 Å². The zero-order chi connectivity index (χ0) is 31.8. The van der Waals surface area contributed by atoms with Gasteiger partial charge < -0.3 is 20.1 Å². The highest BCUT2D eigenvalue weighted by atomic mass is 33.1. The number of nitrogens with one attached hydrogen (secondary N) is 2. The molecular weight excluding hydrogens is 608 g/mol. The molecule has 2 atom stereocenters. The van der Waals surface area contributed by atoms with Crippen LogP contribution in [0.3, 0.4) is 0 Å². The van der Waals surface area contributed by atoms with Gasteiger partial charge in [0, 0.05) is 29.7 Å². The first kappa shape index (κ1) is 32.6. The van der Waals surface area contributed by atoms with E-state index in [4.69, 9.17) is 4.74 Å². The Labute approximate surface area is 261 Å².